The van der Waals surface area contributed by atoms with Gasteiger partial charge in [0.1, 0.15) is 18.1 Å². The molecular weight excluding hydrogens is 300 g/mol. The Labute approximate surface area is 134 Å². The van der Waals surface area contributed by atoms with Crippen LogP contribution in [0.3, 0.4) is 0 Å². The third-order valence-electron chi connectivity index (χ3n) is 3.05. The standard InChI is InChI=1S/C17H18O4S/c1-3-22-16-10-14(8-9-15(16)17(18)19)21-11-12-4-6-13(20-2)7-5-12/h4-10H,3,11H2,1-2H3,(H,18,19). The Kier molecular flexibility index (Phi) is 5.72. The van der Waals surface area contributed by atoms with Gasteiger partial charge in [0.2, 0.25) is 0 Å². The normalized spacial score (nSPS) is 10.3. The van der Waals surface area contributed by atoms with Crippen LogP contribution in [-0.4, -0.2) is 23.9 Å². The molecule has 4 nitrogen and oxygen atoms in total. The zero-order valence-corrected chi connectivity index (χ0v) is 13.4. The van der Waals surface area contributed by atoms with Crippen LogP contribution in [0.15, 0.2) is 47.4 Å². The lowest BCUT2D eigenvalue weighted by atomic mass is 10.2. The Bertz CT molecular complexity index is 638. The zero-order chi connectivity index (χ0) is 15.9. The molecular formula is C17H18O4S. The molecule has 5 heteroatoms. The molecule has 0 saturated carbocycles. The largest absolute Gasteiger partial charge is 0.497 e. The number of carboxylic acids is 1. The molecule has 0 aliphatic carbocycles. The molecule has 22 heavy (non-hydrogen) atoms. The number of methoxy groups -OCH3 is 1. The number of hydrogen-bond donors (Lipinski definition) is 1. The molecule has 0 amide bonds. The monoisotopic (exact) mass is 318 g/mol. The van der Waals surface area contributed by atoms with Gasteiger partial charge in [-0.25, -0.2) is 4.79 Å². The van der Waals surface area contributed by atoms with Crippen LogP contribution >= 0.6 is 11.8 Å². The molecule has 0 fully saturated rings. The minimum absolute atomic E-state index is 0.309. The van der Waals surface area contributed by atoms with Crippen molar-refractivity contribution in [2.24, 2.45) is 0 Å². The summed E-state index contributed by atoms with van der Waals surface area (Å²) in [6.45, 7) is 2.41. The second-order valence-corrected chi connectivity index (χ2v) is 5.84. The maximum atomic E-state index is 11.2. The number of carboxylic acid groups (broad SMARTS) is 1. The van der Waals surface area contributed by atoms with Crippen molar-refractivity contribution in [2.75, 3.05) is 12.9 Å². The third-order valence-corrected chi connectivity index (χ3v) is 3.99. The molecule has 2 aromatic rings. The molecule has 0 aliphatic heterocycles. The van der Waals surface area contributed by atoms with Gasteiger partial charge in [-0.15, -0.1) is 11.8 Å². The molecule has 1 N–H and O–H groups in total. The fourth-order valence-electron chi connectivity index (χ4n) is 1.93. The second-order valence-electron chi connectivity index (χ2n) is 4.53. The Morgan fingerprint density at radius 3 is 2.41 bits per heavy atom. The van der Waals surface area contributed by atoms with Gasteiger partial charge in [-0.3, -0.25) is 0 Å². The van der Waals surface area contributed by atoms with Crippen LogP contribution in [0.4, 0.5) is 0 Å². The molecule has 0 spiro atoms. The van der Waals surface area contributed by atoms with Crippen LogP contribution in [0.5, 0.6) is 11.5 Å². The summed E-state index contributed by atoms with van der Waals surface area (Å²) in [4.78, 5) is 11.9. The van der Waals surface area contributed by atoms with E-state index in [0.717, 1.165) is 22.0 Å². The van der Waals surface area contributed by atoms with E-state index in [-0.39, 0.29) is 0 Å². The first-order valence-electron chi connectivity index (χ1n) is 6.90. The van der Waals surface area contributed by atoms with Crippen molar-refractivity contribution in [1.29, 1.82) is 0 Å². The van der Waals surface area contributed by atoms with E-state index in [9.17, 15) is 9.90 Å². The highest BCUT2D eigenvalue weighted by atomic mass is 32.2. The number of rotatable bonds is 7. The van der Waals surface area contributed by atoms with Crippen LogP contribution in [0, 0.1) is 0 Å². The quantitative estimate of drug-likeness (QED) is 0.779. The van der Waals surface area contributed by atoms with Gasteiger partial charge in [-0.1, -0.05) is 19.1 Å². The van der Waals surface area contributed by atoms with E-state index in [0.29, 0.717) is 17.9 Å². The van der Waals surface area contributed by atoms with Crippen LogP contribution < -0.4 is 9.47 Å². The summed E-state index contributed by atoms with van der Waals surface area (Å²) in [7, 11) is 1.63. The van der Waals surface area contributed by atoms with Crippen LogP contribution in [0.1, 0.15) is 22.8 Å². The van der Waals surface area contributed by atoms with Gasteiger partial charge in [-0.05, 0) is 41.6 Å². The number of aromatic carboxylic acids is 1. The van der Waals surface area contributed by atoms with Crippen molar-refractivity contribution < 1.29 is 19.4 Å². The summed E-state index contributed by atoms with van der Waals surface area (Å²) >= 11 is 1.49. The van der Waals surface area contributed by atoms with Gasteiger partial charge in [0.25, 0.3) is 0 Å². The summed E-state index contributed by atoms with van der Waals surface area (Å²) in [6.07, 6.45) is 0. The number of ether oxygens (including phenoxy) is 2. The van der Waals surface area contributed by atoms with Gasteiger partial charge in [0.15, 0.2) is 0 Å². The third kappa shape index (κ3) is 4.18. The molecule has 0 unspecified atom stereocenters. The summed E-state index contributed by atoms with van der Waals surface area (Å²) in [5.74, 6) is 1.35. The van der Waals surface area contributed by atoms with Gasteiger partial charge in [-0.2, -0.15) is 0 Å². The van der Waals surface area contributed by atoms with Crippen molar-refractivity contribution in [3.63, 3.8) is 0 Å². The average molecular weight is 318 g/mol. The van der Waals surface area contributed by atoms with E-state index in [1.54, 1.807) is 25.3 Å². The lowest BCUT2D eigenvalue weighted by Gasteiger charge is -2.10. The fourth-order valence-corrected chi connectivity index (χ4v) is 2.75. The average Bonchev–Trinajstić information content (AvgIpc) is 2.53. The number of thioether (sulfide) groups is 1. The minimum atomic E-state index is -0.919. The Hall–Kier alpha value is -2.14. The molecule has 0 heterocycles. The van der Waals surface area contributed by atoms with Crippen molar-refractivity contribution >= 4 is 17.7 Å². The maximum Gasteiger partial charge on any atom is 0.336 e. The number of hydrogen-bond acceptors (Lipinski definition) is 4. The topological polar surface area (TPSA) is 55.8 Å². The minimum Gasteiger partial charge on any atom is -0.497 e. The lowest BCUT2D eigenvalue weighted by Crippen LogP contribution is -2.01. The smallest absolute Gasteiger partial charge is 0.336 e. The summed E-state index contributed by atoms with van der Waals surface area (Å²) in [5, 5.41) is 9.17. The van der Waals surface area contributed by atoms with Crippen molar-refractivity contribution in [2.45, 2.75) is 18.4 Å². The van der Waals surface area contributed by atoms with E-state index >= 15 is 0 Å². The maximum absolute atomic E-state index is 11.2. The SMILES string of the molecule is CCSc1cc(OCc2ccc(OC)cc2)ccc1C(=O)O. The predicted octanol–water partition coefficient (Wildman–Crippen LogP) is 4.08. The van der Waals surface area contributed by atoms with Crippen molar-refractivity contribution in [1.82, 2.24) is 0 Å². The molecule has 0 radical (unpaired) electrons. The molecule has 2 rings (SSSR count). The molecule has 0 bridgehead atoms. The summed E-state index contributed by atoms with van der Waals surface area (Å²) in [6, 6.07) is 12.7. The summed E-state index contributed by atoms with van der Waals surface area (Å²) in [5.41, 5.74) is 1.33. The van der Waals surface area contributed by atoms with Crippen LogP contribution in [-0.2, 0) is 6.61 Å². The number of benzene rings is 2. The Morgan fingerprint density at radius 1 is 1.14 bits per heavy atom. The van der Waals surface area contributed by atoms with Gasteiger partial charge < -0.3 is 14.6 Å². The first-order valence-corrected chi connectivity index (χ1v) is 7.88. The number of carbonyl (C=O) groups is 1. The molecule has 0 atom stereocenters. The zero-order valence-electron chi connectivity index (χ0n) is 12.5. The molecule has 2 aromatic carbocycles. The van der Waals surface area contributed by atoms with Gasteiger partial charge in [0, 0.05) is 4.90 Å². The highest BCUT2D eigenvalue weighted by molar-refractivity contribution is 7.99. The van der Waals surface area contributed by atoms with Gasteiger partial charge in [0.05, 0.1) is 12.7 Å². The van der Waals surface area contributed by atoms with E-state index in [1.807, 2.05) is 31.2 Å². The van der Waals surface area contributed by atoms with E-state index in [1.165, 1.54) is 11.8 Å². The highest BCUT2D eigenvalue weighted by Crippen LogP contribution is 2.28. The van der Waals surface area contributed by atoms with E-state index in [4.69, 9.17) is 9.47 Å². The lowest BCUT2D eigenvalue weighted by molar-refractivity contribution is 0.0693. The Balaban J connectivity index is 2.08. The van der Waals surface area contributed by atoms with E-state index < -0.39 is 5.97 Å². The van der Waals surface area contributed by atoms with Gasteiger partial charge >= 0.3 is 5.97 Å². The fraction of sp³-hybridized carbons (Fsp3) is 0.235. The van der Waals surface area contributed by atoms with Crippen molar-refractivity contribution in [3.8, 4) is 11.5 Å². The highest BCUT2D eigenvalue weighted by Gasteiger charge is 2.11. The Morgan fingerprint density at radius 2 is 1.82 bits per heavy atom. The predicted molar refractivity (Wildman–Crippen MR) is 87.1 cm³/mol. The molecule has 116 valence electrons. The first kappa shape index (κ1) is 16.2. The molecule has 0 aliphatic rings. The second kappa shape index (κ2) is 7.75. The first-order chi connectivity index (χ1) is 10.6. The molecule has 0 saturated heterocycles. The van der Waals surface area contributed by atoms with Crippen LogP contribution in [0.25, 0.3) is 0 Å². The van der Waals surface area contributed by atoms with E-state index in [2.05, 4.69) is 0 Å². The van der Waals surface area contributed by atoms with Crippen molar-refractivity contribution in [3.05, 3.63) is 53.6 Å². The summed E-state index contributed by atoms with van der Waals surface area (Å²) < 4.78 is 10.9. The van der Waals surface area contributed by atoms with Crippen LogP contribution in [0.2, 0.25) is 0 Å². The molecule has 0 aromatic heterocycles.